The van der Waals surface area contributed by atoms with Gasteiger partial charge >= 0.3 is 6.09 Å². The molecule has 0 saturated heterocycles. The Hall–Kier alpha value is -3.35. The lowest BCUT2D eigenvalue weighted by atomic mass is 9.98. The van der Waals surface area contributed by atoms with Crippen molar-refractivity contribution in [1.82, 2.24) is 5.32 Å². The number of aliphatic hydroxyl groups excluding tert-OH is 2. The lowest BCUT2D eigenvalue weighted by Crippen LogP contribution is -2.30. The highest BCUT2D eigenvalue weighted by atomic mass is 16.5. The van der Waals surface area contributed by atoms with E-state index >= 15 is 0 Å². The highest BCUT2D eigenvalue weighted by Gasteiger charge is 2.29. The number of hydrogen-bond acceptors (Lipinski definition) is 5. The number of nitrogen functional groups attached to an aromatic ring is 1. The van der Waals surface area contributed by atoms with Crippen molar-refractivity contribution in [2.45, 2.75) is 31.5 Å². The van der Waals surface area contributed by atoms with Crippen LogP contribution in [0.25, 0.3) is 11.1 Å². The number of alkyl carbamates (subject to hydrolysis) is 1. The molecule has 1 aliphatic carbocycles. The fourth-order valence-corrected chi connectivity index (χ4v) is 4.29. The van der Waals surface area contributed by atoms with Gasteiger partial charge in [0.05, 0.1) is 6.10 Å². The van der Waals surface area contributed by atoms with Crippen LogP contribution in [-0.2, 0) is 4.74 Å². The molecule has 1 amide bonds. The highest BCUT2D eigenvalue weighted by molar-refractivity contribution is 5.79. The minimum atomic E-state index is -1.13. The number of rotatable bonds is 7. The number of hydrogen-bond donors (Lipinski definition) is 4. The summed E-state index contributed by atoms with van der Waals surface area (Å²) in [6, 6.07) is 21.6. The second-order valence-corrected chi connectivity index (χ2v) is 8.19. The summed E-state index contributed by atoms with van der Waals surface area (Å²) < 4.78 is 5.49. The topological polar surface area (TPSA) is 105 Å². The monoisotopic (exact) mass is 432 g/mol. The van der Waals surface area contributed by atoms with Gasteiger partial charge in [-0.2, -0.15) is 0 Å². The Morgan fingerprint density at radius 3 is 2.31 bits per heavy atom. The molecule has 2 atom stereocenters. The maximum absolute atomic E-state index is 12.2. The van der Waals surface area contributed by atoms with Crippen LogP contribution in [0.15, 0.2) is 66.7 Å². The first kappa shape index (κ1) is 21.9. The van der Waals surface area contributed by atoms with E-state index in [1.807, 2.05) is 37.3 Å². The molecule has 3 aromatic carbocycles. The highest BCUT2D eigenvalue weighted by Crippen LogP contribution is 2.44. The van der Waals surface area contributed by atoms with E-state index in [0.29, 0.717) is 11.3 Å². The zero-order chi connectivity index (χ0) is 22.7. The van der Waals surface area contributed by atoms with Crippen LogP contribution in [0.1, 0.15) is 40.7 Å². The van der Waals surface area contributed by atoms with Gasteiger partial charge in [-0.15, -0.1) is 0 Å². The molecule has 2 unspecified atom stereocenters. The first-order valence-electron chi connectivity index (χ1n) is 10.8. The van der Waals surface area contributed by atoms with E-state index in [1.165, 1.54) is 11.1 Å². The molecule has 32 heavy (non-hydrogen) atoms. The number of nitrogens with two attached hydrogens (primary N) is 1. The van der Waals surface area contributed by atoms with Gasteiger partial charge in [0, 0.05) is 23.7 Å². The molecule has 6 nitrogen and oxygen atoms in total. The number of ether oxygens (including phenoxy) is 1. The Balaban J connectivity index is 1.29. The van der Waals surface area contributed by atoms with E-state index in [4.69, 9.17) is 10.5 Å². The third-order valence-corrected chi connectivity index (χ3v) is 5.98. The summed E-state index contributed by atoms with van der Waals surface area (Å²) in [7, 11) is 0. The fourth-order valence-electron chi connectivity index (χ4n) is 4.29. The van der Waals surface area contributed by atoms with Crippen LogP contribution in [0.4, 0.5) is 10.5 Å². The molecule has 1 aliphatic rings. The maximum Gasteiger partial charge on any atom is 0.407 e. The first-order valence-corrected chi connectivity index (χ1v) is 10.8. The number of benzene rings is 3. The Kier molecular flexibility index (Phi) is 6.44. The van der Waals surface area contributed by atoms with E-state index in [9.17, 15) is 15.0 Å². The third-order valence-electron chi connectivity index (χ3n) is 5.98. The van der Waals surface area contributed by atoms with Crippen molar-refractivity contribution in [3.05, 3.63) is 89.0 Å². The summed E-state index contributed by atoms with van der Waals surface area (Å²) in [6.45, 7) is 2.28. The SMILES string of the molecule is Cc1ccc(N)c(C(O)C(O)CCNC(=O)OCC2c3ccccc3-c3ccccc32)c1. The molecule has 0 radical (unpaired) electrons. The molecule has 3 aromatic rings. The van der Waals surface area contributed by atoms with Gasteiger partial charge in [0.15, 0.2) is 0 Å². The molecular weight excluding hydrogens is 404 g/mol. The quantitative estimate of drug-likeness (QED) is 0.424. The lowest BCUT2D eigenvalue weighted by molar-refractivity contribution is 0.0140. The van der Waals surface area contributed by atoms with Crippen molar-refractivity contribution in [3.8, 4) is 11.1 Å². The molecule has 0 aromatic heterocycles. The van der Waals surface area contributed by atoms with E-state index < -0.39 is 18.3 Å². The van der Waals surface area contributed by atoms with Crippen LogP contribution >= 0.6 is 0 Å². The number of carbonyl (C=O) groups excluding carboxylic acids is 1. The van der Waals surface area contributed by atoms with Crippen molar-refractivity contribution in [2.75, 3.05) is 18.9 Å². The zero-order valence-corrected chi connectivity index (χ0v) is 18.0. The molecule has 0 fully saturated rings. The van der Waals surface area contributed by atoms with Gasteiger partial charge in [-0.25, -0.2) is 4.79 Å². The Morgan fingerprint density at radius 2 is 1.66 bits per heavy atom. The molecule has 0 aliphatic heterocycles. The normalized spacial score (nSPS) is 14.3. The molecule has 0 heterocycles. The van der Waals surface area contributed by atoms with Gasteiger partial charge in [0.25, 0.3) is 0 Å². The molecule has 0 spiro atoms. The molecule has 5 N–H and O–H groups in total. The predicted octanol–water partition coefficient (Wildman–Crippen LogP) is 3.90. The molecule has 6 heteroatoms. The molecule has 166 valence electrons. The standard InChI is InChI=1S/C26H28N2O4/c1-16-10-11-23(27)21(14-16)25(30)24(29)12-13-28-26(31)32-15-22-19-8-4-2-6-17(19)18-7-3-5-9-20(18)22/h2-11,14,22,24-25,29-30H,12-13,15,27H2,1H3,(H,28,31). The van der Waals surface area contributed by atoms with Gasteiger partial charge in [-0.05, 0) is 41.7 Å². The number of amides is 1. The van der Waals surface area contributed by atoms with Gasteiger partial charge in [-0.1, -0.05) is 66.2 Å². The largest absolute Gasteiger partial charge is 0.449 e. The van der Waals surface area contributed by atoms with Crippen molar-refractivity contribution >= 4 is 11.8 Å². The minimum absolute atomic E-state index is 0.00939. The van der Waals surface area contributed by atoms with Gasteiger partial charge in [0.1, 0.15) is 12.7 Å². The second kappa shape index (κ2) is 9.42. The summed E-state index contributed by atoms with van der Waals surface area (Å²) >= 11 is 0. The van der Waals surface area contributed by atoms with Gasteiger partial charge < -0.3 is 26.0 Å². The number of anilines is 1. The van der Waals surface area contributed by atoms with Crippen LogP contribution in [0, 0.1) is 6.92 Å². The van der Waals surface area contributed by atoms with Crippen molar-refractivity contribution in [3.63, 3.8) is 0 Å². The molecule has 0 saturated carbocycles. The average Bonchev–Trinajstić information content (AvgIpc) is 3.12. The average molecular weight is 433 g/mol. The Labute approximate surface area is 187 Å². The van der Waals surface area contributed by atoms with Crippen molar-refractivity contribution < 1.29 is 19.7 Å². The third kappa shape index (κ3) is 4.47. The first-order chi connectivity index (χ1) is 15.5. The Bertz CT molecular complexity index is 1070. The zero-order valence-electron chi connectivity index (χ0n) is 18.0. The number of carbonyl (C=O) groups is 1. The van der Waals surface area contributed by atoms with Crippen molar-refractivity contribution in [2.24, 2.45) is 0 Å². The summed E-state index contributed by atoms with van der Waals surface area (Å²) in [6.07, 6.45) is -2.57. The summed E-state index contributed by atoms with van der Waals surface area (Å²) in [4.78, 5) is 12.2. The Morgan fingerprint density at radius 1 is 1.03 bits per heavy atom. The van der Waals surface area contributed by atoms with E-state index in [2.05, 4.69) is 29.6 Å². The summed E-state index contributed by atoms with van der Waals surface area (Å²) in [5, 5.41) is 23.4. The molecule has 4 rings (SSSR count). The maximum atomic E-state index is 12.2. The van der Waals surface area contributed by atoms with Crippen LogP contribution in [0.3, 0.4) is 0 Å². The fraction of sp³-hybridized carbons (Fsp3) is 0.269. The van der Waals surface area contributed by atoms with Crippen molar-refractivity contribution in [1.29, 1.82) is 0 Å². The van der Waals surface area contributed by atoms with Crippen LogP contribution in [0.5, 0.6) is 0 Å². The summed E-state index contributed by atoms with van der Waals surface area (Å²) in [5.74, 6) is -0.00939. The number of aliphatic hydroxyl groups is 2. The predicted molar refractivity (Wildman–Crippen MR) is 124 cm³/mol. The second-order valence-electron chi connectivity index (χ2n) is 8.19. The number of nitrogens with one attached hydrogen (secondary N) is 1. The van der Waals surface area contributed by atoms with Crippen LogP contribution < -0.4 is 11.1 Å². The van der Waals surface area contributed by atoms with E-state index in [0.717, 1.165) is 16.7 Å². The van der Waals surface area contributed by atoms with Crippen LogP contribution in [-0.4, -0.2) is 35.6 Å². The summed E-state index contributed by atoms with van der Waals surface area (Å²) in [5.41, 5.74) is 12.4. The van der Waals surface area contributed by atoms with E-state index in [1.54, 1.807) is 12.1 Å². The smallest absolute Gasteiger partial charge is 0.407 e. The number of fused-ring (bicyclic) bond motifs is 3. The van der Waals surface area contributed by atoms with Gasteiger partial charge in [0.2, 0.25) is 0 Å². The van der Waals surface area contributed by atoms with Gasteiger partial charge in [-0.3, -0.25) is 0 Å². The lowest BCUT2D eigenvalue weighted by Gasteiger charge is -2.20. The molecule has 0 bridgehead atoms. The molecular formula is C26H28N2O4. The van der Waals surface area contributed by atoms with E-state index in [-0.39, 0.29) is 25.5 Å². The number of aryl methyl sites for hydroxylation is 1. The van der Waals surface area contributed by atoms with Crippen LogP contribution in [0.2, 0.25) is 0 Å². The minimum Gasteiger partial charge on any atom is -0.449 e.